The number of rotatable bonds is 23. The molecule has 0 aliphatic carbocycles. The topological polar surface area (TPSA) is 697 Å². The number of nitrogens with zero attached hydrogens (tertiary/aromatic N) is 1. The molecule has 17 amide bonds. The van der Waals surface area contributed by atoms with Gasteiger partial charge in [-0.1, -0.05) is 39.8 Å². The molecule has 0 saturated carbocycles. The van der Waals surface area contributed by atoms with Crippen LogP contribution in [0.15, 0.2) is 42.5 Å². The number of carbonyl (C=O) groups is 17. The lowest BCUT2D eigenvalue weighted by Gasteiger charge is -2.31. The zero-order valence-electron chi connectivity index (χ0n) is 61.1. The fourth-order valence-electron chi connectivity index (χ4n) is 11.8. The lowest BCUT2D eigenvalue weighted by atomic mass is 10.0. The number of nitrogens with one attached hydrogen (secondary N) is 15. The third-order valence-electron chi connectivity index (χ3n) is 17.7. The predicted molar refractivity (Wildman–Crippen MR) is 410 cm³/mol. The van der Waals surface area contributed by atoms with E-state index in [-0.39, 0.29) is 105 Å². The number of urea groups is 1. The Balaban J connectivity index is 1.74. The van der Waals surface area contributed by atoms with Crippen molar-refractivity contribution in [1.29, 1.82) is 5.41 Å². The van der Waals surface area contributed by atoms with Crippen LogP contribution in [0.2, 0.25) is 0 Å². The van der Waals surface area contributed by atoms with Crippen molar-refractivity contribution in [3.05, 3.63) is 57.2 Å². The number of aliphatic hydroxyl groups excluding tert-OH is 1. The van der Waals surface area contributed by atoms with Crippen molar-refractivity contribution in [3.8, 4) is 11.5 Å². The number of aromatic hydroxyl groups is 2. The van der Waals surface area contributed by atoms with Crippen LogP contribution in [-0.4, -0.2) is 255 Å². The number of amides is 17. The number of primary amides is 3. The van der Waals surface area contributed by atoms with Crippen molar-refractivity contribution < 1.29 is 102 Å². The van der Waals surface area contributed by atoms with Gasteiger partial charge in [0, 0.05) is 63.4 Å². The average Bonchev–Trinajstić information content (AvgIpc) is 1.60. The van der Waals surface area contributed by atoms with E-state index in [0.717, 1.165) is 33.4 Å². The molecule has 2 bridgehead atoms. The van der Waals surface area contributed by atoms with E-state index in [4.69, 9.17) is 34.1 Å². The van der Waals surface area contributed by atoms with Crippen molar-refractivity contribution in [2.45, 2.75) is 188 Å². The van der Waals surface area contributed by atoms with Crippen molar-refractivity contribution in [1.82, 2.24) is 79.3 Å². The zero-order valence-corrected chi connectivity index (χ0v) is 64.9. The fraction of sp³-hybridized carbons (Fsp3) is 0.552. The van der Waals surface area contributed by atoms with E-state index in [9.17, 15) is 87.5 Å². The fourth-order valence-corrected chi connectivity index (χ4v) is 14.7. The van der Waals surface area contributed by atoms with E-state index >= 15 is 14.4 Å². The van der Waals surface area contributed by atoms with Gasteiger partial charge in [-0.25, -0.2) is 4.79 Å². The summed E-state index contributed by atoms with van der Waals surface area (Å²) in [5.74, 6) is -19.6. The maximum Gasteiger partial charge on any atom is 0.312 e. The van der Waals surface area contributed by atoms with Gasteiger partial charge in [0.1, 0.15) is 84.0 Å². The van der Waals surface area contributed by atoms with E-state index in [1.165, 1.54) is 42.5 Å². The Bertz CT molecular complexity index is 3760. The predicted octanol–water partition coefficient (Wildman–Crippen LogP) is -7.44. The maximum atomic E-state index is 15.2. The molecule has 42 nitrogen and oxygen atoms in total. The van der Waals surface area contributed by atoms with E-state index in [1.54, 1.807) is 22.6 Å². The molecule has 45 heteroatoms. The van der Waals surface area contributed by atoms with Gasteiger partial charge in [0.15, 0.2) is 5.96 Å². The number of phenols is 2. The van der Waals surface area contributed by atoms with Gasteiger partial charge in [0.2, 0.25) is 88.6 Å². The monoisotopic (exact) mass is 1720 g/mol. The first-order chi connectivity index (χ1) is 53.0. The van der Waals surface area contributed by atoms with Crippen LogP contribution in [0.1, 0.15) is 108 Å². The lowest BCUT2D eigenvalue weighted by molar-refractivity contribution is -0.146. The van der Waals surface area contributed by atoms with Crippen molar-refractivity contribution in [2.24, 2.45) is 28.7 Å². The summed E-state index contributed by atoms with van der Waals surface area (Å²) in [6, 6.07) is -12.4. The Kier molecular flexibility index (Phi) is 38.1. The third-order valence-corrected chi connectivity index (χ3v) is 21.0. The lowest BCUT2D eigenvalue weighted by Crippen LogP contribution is -2.62. The largest absolute Gasteiger partial charge is 0.508 e. The molecular weight excluding hydrogens is 1630 g/mol. The number of carboxylic acids is 1. The number of nitrogens with two attached hydrogens (primary N) is 5. The summed E-state index contributed by atoms with van der Waals surface area (Å²) in [7, 11) is 1.60. The second-order valence-corrected chi connectivity index (χ2v) is 30.2. The van der Waals surface area contributed by atoms with Gasteiger partial charge in [0.05, 0.1) is 22.6 Å². The van der Waals surface area contributed by atoms with Gasteiger partial charge in [-0.05, 0) is 136 Å². The molecule has 0 spiro atoms. The van der Waals surface area contributed by atoms with Crippen LogP contribution in [0.25, 0.3) is 0 Å². The summed E-state index contributed by atoms with van der Waals surface area (Å²) in [6.45, 7) is -0.335. The summed E-state index contributed by atoms with van der Waals surface area (Å²) < 4.78 is 0.261. The van der Waals surface area contributed by atoms with Crippen molar-refractivity contribution in [2.75, 3.05) is 44.2 Å². The summed E-state index contributed by atoms with van der Waals surface area (Å²) in [5.41, 5.74) is 28.6. The summed E-state index contributed by atoms with van der Waals surface area (Å²) in [5, 5.41) is 84.2. The van der Waals surface area contributed by atoms with Crippen LogP contribution in [0.5, 0.6) is 11.5 Å². The number of halogens is 1. The SMILES string of the molecule is C[C@@H](O)[C@@H]1NC(=O)[C@@H]2CCCCNC(=O)CC[C@H](C(=O)N[C@@H](Cc3ccc(O)cc3)C(N)=O)NC(=O)[C@H](CCC(N)=O)NC(=O)[C@H](Cc3ccc(O)c(I)c3)NC(=O)[C@H](CCCNC(N)=O)NC(=O)[C@H](CSSCC(NC(=O)CN)C(=O)N2)NC(=O)[C@H](CCCNC(=N)N)NC(=O)[C@@H]2CCCN2C(=O)[C@H](CC(=O)O)NC1=O. The number of hydrogen-bond acceptors (Lipinski definition) is 24. The van der Waals surface area contributed by atoms with Gasteiger partial charge >= 0.3 is 12.0 Å². The highest BCUT2D eigenvalue weighted by atomic mass is 127. The second kappa shape index (κ2) is 46.3. The number of aliphatic carboxylic acids is 1. The molecule has 3 heterocycles. The Morgan fingerprint density at radius 3 is 1.85 bits per heavy atom. The first kappa shape index (κ1) is 92.1. The van der Waals surface area contributed by atoms with Crippen molar-refractivity contribution in [3.63, 3.8) is 0 Å². The van der Waals surface area contributed by atoms with Crippen LogP contribution in [0.4, 0.5) is 4.79 Å². The number of carboxylic acid groups (broad SMARTS) is 1. The molecule has 2 aromatic carbocycles. The molecule has 13 atom stereocenters. The Morgan fingerprint density at radius 1 is 0.643 bits per heavy atom. The highest BCUT2D eigenvalue weighted by Crippen LogP contribution is 2.26. The summed E-state index contributed by atoms with van der Waals surface area (Å²) >= 11 is 1.79. The number of phenolic OH excluding ortho intramolecular Hbond substituents is 2. The van der Waals surface area contributed by atoms with E-state index in [2.05, 4.69) is 74.4 Å². The average molecular weight is 1720 g/mol. The molecule has 1 unspecified atom stereocenters. The number of hydrogen-bond donors (Lipinski definition) is 24. The molecule has 5 rings (SSSR count). The van der Waals surface area contributed by atoms with Gasteiger partial charge < -0.3 is 128 Å². The minimum Gasteiger partial charge on any atom is -0.508 e. The minimum absolute atomic E-state index is 0.0107. The van der Waals surface area contributed by atoms with Gasteiger partial charge in [-0.3, -0.25) is 82.1 Å². The smallest absolute Gasteiger partial charge is 0.312 e. The number of benzene rings is 2. The first-order valence-corrected chi connectivity index (χ1v) is 39.3. The molecule has 616 valence electrons. The highest BCUT2D eigenvalue weighted by Gasteiger charge is 2.43. The summed E-state index contributed by atoms with van der Waals surface area (Å²) in [4.78, 5) is 240. The van der Waals surface area contributed by atoms with Crippen molar-refractivity contribution >= 4 is 151 Å². The molecule has 3 aliphatic heterocycles. The molecule has 112 heavy (non-hydrogen) atoms. The number of carbonyl (C=O) groups excluding carboxylic acids is 16. The quantitative estimate of drug-likeness (QED) is 0.0162. The minimum atomic E-state index is -2.01. The number of aliphatic hydroxyl groups is 1. The molecule has 29 N–H and O–H groups in total. The Labute approximate surface area is 663 Å². The summed E-state index contributed by atoms with van der Waals surface area (Å²) in [6.07, 6.45) is -7.31. The normalized spacial score (nSPS) is 24.2. The maximum absolute atomic E-state index is 15.2. The zero-order chi connectivity index (χ0) is 82.9. The van der Waals surface area contributed by atoms with Gasteiger partial charge in [-0.15, -0.1) is 0 Å². The number of guanidine groups is 1. The van der Waals surface area contributed by atoms with E-state index < -0.39 is 248 Å². The van der Waals surface area contributed by atoms with Crippen LogP contribution < -0.4 is 103 Å². The molecule has 2 aromatic rings. The Morgan fingerprint density at radius 2 is 1.22 bits per heavy atom. The highest BCUT2D eigenvalue weighted by molar-refractivity contribution is 14.1. The second-order valence-electron chi connectivity index (χ2n) is 26.5. The molecule has 0 aromatic heterocycles. The molecule has 3 fully saturated rings. The Hall–Kier alpha value is -10.5. The first-order valence-electron chi connectivity index (χ1n) is 35.7. The molecule has 3 saturated heterocycles. The van der Waals surface area contributed by atoms with Gasteiger partial charge in [0.25, 0.3) is 0 Å². The van der Waals surface area contributed by atoms with Gasteiger partial charge in [-0.2, -0.15) is 0 Å². The van der Waals surface area contributed by atoms with E-state index in [0.29, 0.717) is 5.56 Å². The molecular formula is C67H98IN21O21S2. The molecule has 0 radical (unpaired) electrons. The van der Waals surface area contributed by atoms with Crippen LogP contribution in [0.3, 0.4) is 0 Å². The number of fused-ring (bicyclic) bond motifs is 9. The molecule has 3 aliphatic rings. The van der Waals surface area contributed by atoms with Crippen LogP contribution >= 0.6 is 44.2 Å². The standard InChI is InChI=1S/C67H98IN21O21S2/c1-32(90)53-64(108)86-44(28-52(96)97)65(109)89-24-6-10-47(89)63(107)83-39(8-4-22-76-66(72)73)56(100)87-46-31-112-111-30-45(78-51(95)29-69)61(105)79-37(59(103)88-53)7-2-3-21-75-50(94)20-17-41(58(102)84-42(54(71)98)26-33-11-14-35(91)15-12-33)81-57(101)40(16-19-49(70)93)82-60(104)43(27-34-13-18-48(92)36(68)25-34)85-55(99)38(80-62(46)106)9-5-23-77-67(74)110/h11-15,18,25,32,37-47,53,90-92H,2-10,16-17,19-24,26-31,69H2,1H3,(H2,70,93)(H2,71,98)(H,75,94)(H,78,95)(H,79,105)(H,80,106)(H,81,101)(H,82,104)(H,83,107)(H,84,102)(H,85,99)(H,86,108)(H,87,100)(H,88,103)(H,96,97)(H4,72,73,76)(H3,74,77,110)/t32-,37+,38+,39+,40+,41-,42+,43+,44+,45?,46+,47+,53+/m1/s1. The van der Waals surface area contributed by atoms with E-state index in [1.807, 2.05) is 0 Å². The van der Waals surface area contributed by atoms with Crippen LogP contribution in [0, 0.1) is 8.98 Å². The van der Waals surface area contributed by atoms with Crippen LogP contribution in [-0.2, 0) is 89.6 Å². The third kappa shape index (κ3) is 31.3.